The van der Waals surface area contributed by atoms with Gasteiger partial charge in [-0.1, -0.05) is 44.4 Å². The van der Waals surface area contributed by atoms with Crippen molar-refractivity contribution in [1.29, 1.82) is 0 Å². The number of aliphatic carboxylic acids is 1. The predicted molar refractivity (Wildman–Crippen MR) is 129 cm³/mol. The summed E-state index contributed by atoms with van der Waals surface area (Å²) in [5.74, 6) is -0.676. The highest BCUT2D eigenvalue weighted by atomic mass is 16.6. The number of anilines is 1. The maximum absolute atomic E-state index is 13.2. The number of fused-ring (bicyclic) bond motifs is 1. The van der Waals surface area contributed by atoms with Crippen LogP contribution in [0.2, 0.25) is 0 Å². The molecule has 0 radical (unpaired) electrons. The lowest BCUT2D eigenvalue weighted by Gasteiger charge is -2.43. The molecule has 7 heteroatoms. The van der Waals surface area contributed by atoms with Crippen molar-refractivity contribution in [2.24, 2.45) is 0 Å². The molecule has 1 aliphatic heterocycles. The average Bonchev–Trinajstić information content (AvgIpc) is 2.73. The van der Waals surface area contributed by atoms with E-state index in [0.29, 0.717) is 25.8 Å². The maximum atomic E-state index is 13.2. The zero-order valence-corrected chi connectivity index (χ0v) is 20.8. The van der Waals surface area contributed by atoms with Gasteiger partial charge >= 0.3 is 12.1 Å². The molecular weight excluding hydrogens is 420 g/mol. The van der Waals surface area contributed by atoms with Gasteiger partial charge in [0.05, 0.1) is 6.04 Å². The van der Waals surface area contributed by atoms with Crippen LogP contribution in [0.25, 0.3) is 0 Å². The van der Waals surface area contributed by atoms with Crippen molar-refractivity contribution in [1.82, 2.24) is 4.90 Å². The zero-order valence-electron chi connectivity index (χ0n) is 20.8. The lowest BCUT2D eigenvalue weighted by molar-refractivity contribution is -0.137. The fraction of sp³-hybridized carbons (Fsp3) is 0.654. The summed E-state index contributed by atoms with van der Waals surface area (Å²) in [5.41, 5.74) is 1.25. The third-order valence-electron chi connectivity index (χ3n) is 5.93. The second kappa shape index (κ2) is 12.1. The topological polar surface area (TPSA) is 87.2 Å². The largest absolute Gasteiger partial charge is 0.481 e. The number of carbonyl (C=O) groups excluding carboxylic acids is 2. The van der Waals surface area contributed by atoms with Crippen molar-refractivity contribution in [2.75, 3.05) is 11.4 Å². The number of benzene rings is 1. The third kappa shape index (κ3) is 7.76. The standard InChI is InChI=1S/C26H40N2O5/c1-6-23(29)28-19(2)18-22(20-14-11-12-15-21(20)28)27(25(32)33-26(3,4)5)17-13-9-7-8-10-16-24(30)31/h11-12,14-15,19,22H,6-10,13,16-18H2,1-5H3,(H,30,31)/t19-,22+/m0/s1. The van der Waals surface area contributed by atoms with Gasteiger partial charge in [-0.25, -0.2) is 4.79 Å². The Morgan fingerprint density at radius 2 is 1.73 bits per heavy atom. The fourth-order valence-electron chi connectivity index (χ4n) is 4.41. The van der Waals surface area contributed by atoms with E-state index < -0.39 is 11.6 Å². The highest BCUT2D eigenvalue weighted by molar-refractivity contribution is 5.95. The number of amides is 2. The highest BCUT2D eigenvalue weighted by Gasteiger charge is 2.38. The number of hydrogen-bond acceptors (Lipinski definition) is 4. The molecule has 0 aromatic heterocycles. The molecule has 0 bridgehead atoms. The molecule has 0 spiro atoms. The first-order valence-corrected chi connectivity index (χ1v) is 12.2. The predicted octanol–water partition coefficient (Wildman–Crippen LogP) is 5.93. The monoisotopic (exact) mass is 460 g/mol. The number of nitrogens with zero attached hydrogens (tertiary/aromatic N) is 2. The van der Waals surface area contributed by atoms with Crippen LogP contribution in [0.15, 0.2) is 24.3 Å². The van der Waals surface area contributed by atoms with E-state index in [2.05, 4.69) is 0 Å². The summed E-state index contributed by atoms with van der Waals surface area (Å²) in [6, 6.07) is 7.65. The van der Waals surface area contributed by atoms with E-state index >= 15 is 0 Å². The second-order valence-electron chi connectivity index (χ2n) is 9.86. The molecule has 1 aliphatic rings. The van der Waals surface area contributed by atoms with Gasteiger partial charge in [-0.2, -0.15) is 0 Å². The van der Waals surface area contributed by atoms with Crippen molar-refractivity contribution < 1.29 is 24.2 Å². The van der Waals surface area contributed by atoms with E-state index in [4.69, 9.17) is 9.84 Å². The Kier molecular flexibility index (Phi) is 9.74. The fourth-order valence-corrected chi connectivity index (χ4v) is 4.41. The van der Waals surface area contributed by atoms with Gasteiger partial charge in [-0.05, 0) is 58.6 Å². The summed E-state index contributed by atoms with van der Waals surface area (Å²) in [4.78, 5) is 40.3. The second-order valence-corrected chi connectivity index (χ2v) is 9.86. The molecule has 184 valence electrons. The van der Waals surface area contributed by atoms with Gasteiger partial charge < -0.3 is 19.6 Å². The Hall–Kier alpha value is -2.57. The number of carboxylic acids is 1. The van der Waals surface area contributed by atoms with E-state index in [1.165, 1.54) is 0 Å². The first-order chi connectivity index (χ1) is 15.5. The molecule has 1 aromatic carbocycles. The molecule has 2 rings (SSSR count). The molecule has 0 aliphatic carbocycles. The number of ether oxygens (including phenoxy) is 1. The van der Waals surface area contributed by atoms with Gasteiger partial charge in [0.1, 0.15) is 5.60 Å². The Morgan fingerprint density at radius 1 is 1.09 bits per heavy atom. The van der Waals surface area contributed by atoms with Crippen LogP contribution in [-0.4, -0.2) is 46.2 Å². The van der Waals surface area contributed by atoms with Gasteiger partial charge in [0, 0.05) is 31.1 Å². The summed E-state index contributed by atoms with van der Waals surface area (Å²) in [6.07, 6.45) is 5.17. The van der Waals surface area contributed by atoms with E-state index in [9.17, 15) is 14.4 Å². The minimum absolute atomic E-state index is 0.0293. The van der Waals surface area contributed by atoms with Gasteiger partial charge in [0.15, 0.2) is 0 Å². The Morgan fingerprint density at radius 3 is 2.36 bits per heavy atom. The minimum atomic E-state index is -0.758. The molecule has 2 atom stereocenters. The molecule has 1 N–H and O–H groups in total. The van der Waals surface area contributed by atoms with Crippen LogP contribution in [0, 0.1) is 0 Å². The first-order valence-electron chi connectivity index (χ1n) is 12.2. The van der Waals surface area contributed by atoms with E-state index in [-0.39, 0.29) is 30.5 Å². The number of para-hydroxylation sites is 1. The third-order valence-corrected chi connectivity index (χ3v) is 5.93. The summed E-state index contributed by atoms with van der Waals surface area (Å²) < 4.78 is 5.76. The lowest BCUT2D eigenvalue weighted by Crippen LogP contribution is -2.48. The summed E-state index contributed by atoms with van der Waals surface area (Å²) in [5, 5.41) is 8.77. The minimum Gasteiger partial charge on any atom is -0.481 e. The molecule has 0 unspecified atom stereocenters. The van der Waals surface area contributed by atoms with Gasteiger partial charge in [0.25, 0.3) is 0 Å². The summed E-state index contributed by atoms with van der Waals surface area (Å²) in [7, 11) is 0. The van der Waals surface area contributed by atoms with Gasteiger partial charge in [0.2, 0.25) is 5.91 Å². The van der Waals surface area contributed by atoms with Crippen molar-refractivity contribution in [3.8, 4) is 0 Å². The lowest BCUT2D eigenvalue weighted by atomic mass is 9.90. The molecule has 0 saturated carbocycles. The van der Waals surface area contributed by atoms with E-state index in [1.807, 2.05) is 68.7 Å². The normalized spacial score (nSPS) is 17.9. The number of carboxylic acid groups (broad SMARTS) is 1. The highest BCUT2D eigenvalue weighted by Crippen LogP contribution is 2.41. The van der Waals surface area contributed by atoms with E-state index in [0.717, 1.165) is 36.9 Å². The molecule has 33 heavy (non-hydrogen) atoms. The average molecular weight is 461 g/mol. The van der Waals surface area contributed by atoms with Gasteiger partial charge in [-0.15, -0.1) is 0 Å². The van der Waals surface area contributed by atoms with Crippen molar-refractivity contribution in [3.63, 3.8) is 0 Å². The van der Waals surface area contributed by atoms with Crippen LogP contribution >= 0.6 is 0 Å². The SMILES string of the molecule is CCC(=O)N1c2ccccc2[C@H](N(CCCCCCCC(=O)O)C(=O)OC(C)(C)C)C[C@@H]1C. The molecule has 0 saturated heterocycles. The zero-order chi connectivity index (χ0) is 24.6. The summed E-state index contributed by atoms with van der Waals surface area (Å²) >= 11 is 0. The molecule has 1 aromatic rings. The van der Waals surface area contributed by atoms with Gasteiger partial charge in [-0.3, -0.25) is 9.59 Å². The van der Waals surface area contributed by atoms with Crippen LogP contribution in [0.1, 0.15) is 97.6 Å². The number of carbonyl (C=O) groups is 3. The first kappa shape index (κ1) is 26.7. The van der Waals surface area contributed by atoms with Crippen molar-refractivity contribution in [3.05, 3.63) is 29.8 Å². The number of rotatable bonds is 10. The van der Waals surface area contributed by atoms with E-state index in [1.54, 1.807) is 0 Å². The quantitative estimate of drug-likeness (QED) is 0.438. The van der Waals surface area contributed by atoms with Crippen LogP contribution in [0.3, 0.4) is 0 Å². The molecule has 2 amide bonds. The Balaban J connectivity index is 2.20. The molecule has 7 nitrogen and oxygen atoms in total. The molecular formula is C26H40N2O5. The van der Waals surface area contributed by atoms with Crippen LogP contribution in [-0.2, 0) is 14.3 Å². The Labute approximate surface area is 198 Å². The summed E-state index contributed by atoms with van der Waals surface area (Å²) in [6.45, 7) is 10.1. The van der Waals surface area contributed by atoms with Crippen LogP contribution in [0.4, 0.5) is 10.5 Å². The molecule has 1 heterocycles. The number of unbranched alkanes of at least 4 members (excludes halogenated alkanes) is 4. The molecule has 0 fully saturated rings. The smallest absolute Gasteiger partial charge is 0.410 e. The van der Waals surface area contributed by atoms with Crippen LogP contribution in [0.5, 0.6) is 0 Å². The Bertz CT molecular complexity index is 817. The maximum Gasteiger partial charge on any atom is 0.410 e. The van der Waals surface area contributed by atoms with Crippen LogP contribution < -0.4 is 4.90 Å². The van der Waals surface area contributed by atoms with Crippen molar-refractivity contribution >= 4 is 23.7 Å². The number of hydrogen-bond donors (Lipinski definition) is 1. The van der Waals surface area contributed by atoms with Crippen molar-refractivity contribution in [2.45, 2.75) is 104 Å².